The lowest BCUT2D eigenvalue weighted by Crippen LogP contribution is -2.44. The molecule has 1 aliphatic heterocycles. The molecule has 0 saturated carbocycles. The highest BCUT2D eigenvalue weighted by atomic mass is 35.5. The van der Waals surface area contributed by atoms with Gasteiger partial charge >= 0.3 is 0 Å². The number of anilines is 1. The Morgan fingerprint density at radius 1 is 1.21 bits per heavy atom. The van der Waals surface area contributed by atoms with E-state index in [0.29, 0.717) is 11.6 Å². The summed E-state index contributed by atoms with van der Waals surface area (Å²) < 4.78 is 1.96. The minimum Gasteiger partial charge on any atom is -0.353 e. The van der Waals surface area contributed by atoms with Crippen LogP contribution >= 0.6 is 11.6 Å². The maximum absolute atomic E-state index is 6.50. The second kappa shape index (κ2) is 6.39. The third-order valence-corrected chi connectivity index (χ3v) is 4.57. The van der Waals surface area contributed by atoms with Gasteiger partial charge in [-0.15, -0.1) is 0 Å². The summed E-state index contributed by atoms with van der Waals surface area (Å²) in [6.07, 6.45) is 3.71. The van der Waals surface area contributed by atoms with Crippen molar-refractivity contribution in [2.24, 2.45) is 5.73 Å². The molecule has 124 valence electrons. The van der Waals surface area contributed by atoms with Gasteiger partial charge in [-0.05, 0) is 24.3 Å². The Morgan fingerprint density at radius 3 is 2.79 bits per heavy atom. The third-order valence-electron chi connectivity index (χ3n) is 4.29. The number of nitrogens with one attached hydrogen (secondary N) is 1. The first kappa shape index (κ1) is 15.4. The number of rotatable bonds is 3. The molecule has 0 unspecified atom stereocenters. The van der Waals surface area contributed by atoms with E-state index < -0.39 is 0 Å². The summed E-state index contributed by atoms with van der Waals surface area (Å²) in [4.78, 5) is 11.3. The lowest BCUT2D eigenvalue weighted by atomic mass is 10.2. The molecule has 2 aromatic heterocycles. The summed E-state index contributed by atoms with van der Waals surface area (Å²) in [6.45, 7) is 4.20. The molecule has 0 bridgehead atoms. The van der Waals surface area contributed by atoms with Crippen LogP contribution in [0.25, 0.3) is 16.6 Å². The van der Waals surface area contributed by atoms with Crippen LogP contribution in [0.1, 0.15) is 5.69 Å². The zero-order valence-electron chi connectivity index (χ0n) is 13.2. The molecular weight excluding hydrogens is 324 g/mol. The summed E-state index contributed by atoms with van der Waals surface area (Å²) >= 11 is 6.50. The highest BCUT2D eigenvalue weighted by Crippen LogP contribution is 2.29. The molecule has 0 spiro atoms. The number of hydrogen-bond donors (Lipinski definition) is 2. The average molecular weight is 343 g/mol. The number of benzene rings is 1. The van der Waals surface area contributed by atoms with Crippen molar-refractivity contribution in [3.05, 3.63) is 47.5 Å². The monoisotopic (exact) mass is 342 g/mol. The molecule has 3 aromatic rings. The van der Waals surface area contributed by atoms with Crippen LogP contribution in [0, 0.1) is 0 Å². The molecule has 3 N–H and O–H groups in total. The fraction of sp³-hybridized carbons (Fsp3) is 0.294. The Labute approximate surface area is 145 Å². The van der Waals surface area contributed by atoms with Gasteiger partial charge in [0.05, 0.1) is 22.6 Å². The number of halogens is 1. The number of pyridine rings is 1. The summed E-state index contributed by atoms with van der Waals surface area (Å²) in [5, 5.41) is 5.05. The van der Waals surface area contributed by atoms with Crippen molar-refractivity contribution in [1.82, 2.24) is 19.9 Å². The van der Waals surface area contributed by atoms with E-state index in [-0.39, 0.29) is 0 Å². The van der Waals surface area contributed by atoms with Crippen molar-refractivity contribution < 1.29 is 0 Å². The first-order valence-electron chi connectivity index (χ1n) is 8.04. The zero-order chi connectivity index (χ0) is 16.5. The molecule has 3 heterocycles. The normalized spacial score (nSPS) is 15.2. The molecule has 6 nitrogen and oxygen atoms in total. The highest BCUT2D eigenvalue weighted by molar-refractivity contribution is 6.33. The molecule has 1 aromatic carbocycles. The van der Waals surface area contributed by atoms with Gasteiger partial charge in [-0.2, -0.15) is 0 Å². The predicted octanol–water partition coefficient (Wildman–Crippen LogP) is 1.94. The molecule has 0 atom stereocenters. The average Bonchev–Trinajstić information content (AvgIpc) is 3.10. The van der Waals surface area contributed by atoms with Crippen LogP contribution < -0.4 is 16.0 Å². The fourth-order valence-electron chi connectivity index (χ4n) is 3.00. The van der Waals surface area contributed by atoms with Crippen molar-refractivity contribution in [1.29, 1.82) is 0 Å². The molecule has 0 radical (unpaired) electrons. The maximum atomic E-state index is 6.50. The molecular formula is C17H19ClN6. The van der Waals surface area contributed by atoms with Crippen molar-refractivity contribution in [3.8, 4) is 5.69 Å². The molecule has 4 rings (SSSR count). The van der Waals surface area contributed by atoms with Crippen LogP contribution in [0.5, 0.6) is 0 Å². The lowest BCUT2D eigenvalue weighted by Gasteiger charge is -2.29. The van der Waals surface area contributed by atoms with Gasteiger partial charge in [-0.25, -0.2) is 9.97 Å². The molecule has 0 aliphatic carbocycles. The first-order chi connectivity index (χ1) is 11.7. The van der Waals surface area contributed by atoms with Gasteiger partial charge in [0, 0.05) is 50.0 Å². The Hall–Kier alpha value is -2.15. The smallest absolute Gasteiger partial charge is 0.148 e. The van der Waals surface area contributed by atoms with Crippen LogP contribution in [-0.2, 0) is 6.54 Å². The lowest BCUT2D eigenvalue weighted by molar-refractivity contribution is 0.585. The Bertz CT molecular complexity index is 869. The molecule has 0 amide bonds. The van der Waals surface area contributed by atoms with Crippen molar-refractivity contribution >= 4 is 28.3 Å². The maximum Gasteiger partial charge on any atom is 0.148 e. The van der Waals surface area contributed by atoms with Gasteiger partial charge in [0.1, 0.15) is 5.82 Å². The molecule has 1 fully saturated rings. The van der Waals surface area contributed by atoms with Crippen molar-refractivity contribution in [2.75, 3.05) is 31.1 Å². The molecule has 7 heteroatoms. The number of imidazole rings is 1. The molecule has 1 aliphatic rings. The number of hydrogen-bond acceptors (Lipinski definition) is 5. The second-order valence-electron chi connectivity index (χ2n) is 5.88. The Kier molecular flexibility index (Phi) is 4.10. The van der Waals surface area contributed by atoms with E-state index in [9.17, 15) is 0 Å². The van der Waals surface area contributed by atoms with E-state index in [2.05, 4.69) is 21.3 Å². The molecule has 24 heavy (non-hydrogen) atoms. The van der Waals surface area contributed by atoms with Crippen LogP contribution in [0.3, 0.4) is 0 Å². The SMILES string of the molecule is NCc1cn(-c2ccc3nc(N4CCNCC4)c(Cl)cc3c2)cn1. The number of fused-ring (bicyclic) bond motifs is 1. The largest absolute Gasteiger partial charge is 0.353 e. The number of nitrogens with zero attached hydrogens (tertiary/aromatic N) is 4. The minimum absolute atomic E-state index is 0.433. The van der Waals surface area contributed by atoms with E-state index in [4.69, 9.17) is 22.3 Å². The van der Waals surface area contributed by atoms with Crippen LogP contribution in [0.15, 0.2) is 36.8 Å². The van der Waals surface area contributed by atoms with E-state index in [0.717, 1.165) is 54.3 Å². The van der Waals surface area contributed by atoms with Crippen molar-refractivity contribution in [3.63, 3.8) is 0 Å². The van der Waals surface area contributed by atoms with Gasteiger partial charge in [-0.3, -0.25) is 0 Å². The predicted molar refractivity (Wildman–Crippen MR) is 96.8 cm³/mol. The summed E-state index contributed by atoms with van der Waals surface area (Å²) in [7, 11) is 0. The third kappa shape index (κ3) is 2.84. The van der Waals surface area contributed by atoms with E-state index >= 15 is 0 Å². The fourth-order valence-corrected chi connectivity index (χ4v) is 3.28. The summed E-state index contributed by atoms with van der Waals surface area (Å²) in [6, 6.07) is 8.12. The van der Waals surface area contributed by atoms with Crippen LogP contribution in [0.2, 0.25) is 5.02 Å². The van der Waals surface area contributed by atoms with Crippen LogP contribution in [0.4, 0.5) is 5.82 Å². The van der Waals surface area contributed by atoms with E-state index in [1.807, 2.05) is 29.0 Å². The van der Waals surface area contributed by atoms with Gasteiger partial charge in [0.25, 0.3) is 0 Å². The van der Waals surface area contributed by atoms with Crippen LogP contribution in [-0.4, -0.2) is 40.7 Å². The van der Waals surface area contributed by atoms with Gasteiger partial charge in [0.2, 0.25) is 0 Å². The van der Waals surface area contributed by atoms with E-state index in [1.54, 1.807) is 6.33 Å². The van der Waals surface area contributed by atoms with Gasteiger partial charge < -0.3 is 20.5 Å². The molecule has 1 saturated heterocycles. The summed E-state index contributed by atoms with van der Waals surface area (Å²) in [5.74, 6) is 0.867. The van der Waals surface area contributed by atoms with E-state index in [1.165, 1.54) is 0 Å². The first-order valence-corrected chi connectivity index (χ1v) is 8.42. The summed E-state index contributed by atoms with van der Waals surface area (Å²) in [5.41, 5.74) is 8.44. The highest BCUT2D eigenvalue weighted by Gasteiger charge is 2.16. The number of piperazine rings is 1. The van der Waals surface area contributed by atoms with Crippen molar-refractivity contribution in [2.45, 2.75) is 6.54 Å². The Balaban J connectivity index is 1.72. The zero-order valence-corrected chi connectivity index (χ0v) is 14.0. The standard InChI is InChI=1S/C17H19ClN6/c18-15-8-12-7-14(24-10-13(9-19)21-11-24)1-2-16(12)22-17(15)23-5-3-20-4-6-23/h1-2,7-8,10-11,20H,3-6,9,19H2. The minimum atomic E-state index is 0.433. The second-order valence-corrected chi connectivity index (χ2v) is 6.29. The Morgan fingerprint density at radius 2 is 2.04 bits per heavy atom. The van der Waals surface area contributed by atoms with Gasteiger partial charge in [-0.1, -0.05) is 11.6 Å². The topological polar surface area (TPSA) is 72.0 Å². The van der Waals surface area contributed by atoms with Gasteiger partial charge in [0.15, 0.2) is 0 Å². The number of aromatic nitrogens is 3. The number of nitrogens with two attached hydrogens (primary N) is 1. The quantitative estimate of drug-likeness (QED) is 0.761.